The topological polar surface area (TPSA) is 83.0 Å². The van der Waals surface area contributed by atoms with Gasteiger partial charge in [0.2, 0.25) is 5.91 Å². The standard InChI is InChI=1S/C16H25N5O2.2ClH/c1-10-12(6-7-13(22)20(4)9-8-17-3)11(2)18-15-14(10)16(23)19-21(15)5;;/h17H,6-9H2,1-5H3,(H,19,23);2*1H. The second-order valence-corrected chi connectivity index (χ2v) is 5.92. The van der Waals surface area contributed by atoms with Crippen molar-refractivity contribution in [1.82, 2.24) is 25.0 Å². The first kappa shape index (κ1) is 23.4. The number of nitrogens with one attached hydrogen (secondary N) is 2. The van der Waals surface area contributed by atoms with Gasteiger partial charge in [-0.3, -0.25) is 19.4 Å². The molecular weight excluding hydrogens is 365 g/mol. The fourth-order valence-corrected chi connectivity index (χ4v) is 2.84. The number of pyridine rings is 1. The first-order valence-electron chi connectivity index (χ1n) is 7.80. The molecule has 0 atom stereocenters. The van der Waals surface area contributed by atoms with Crippen LogP contribution in [-0.4, -0.2) is 52.8 Å². The lowest BCUT2D eigenvalue weighted by Gasteiger charge is -2.17. The molecule has 1 amide bonds. The van der Waals surface area contributed by atoms with Gasteiger partial charge in [-0.15, -0.1) is 24.8 Å². The third-order valence-electron chi connectivity index (χ3n) is 4.29. The van der Waals surface area contributed by atoms with E-state index < -0.39 is 0 Å². The fourth-order valence-electron chi connectivity index (χ4n) is 2.84. The molecule has 0 saturated heterocycles. The SMILES string of the molecule is CNCCN(C)C(=O)CCc1c(C)nc2c(c1C)c(=O)[nH]n2C.Cl.Cl. The highest BCUT2D eigenvalue weighted by molar-refractivity contribution is 5.85. The van der Waals surface area contributed by atoms with Crippen molar-refractivity contribution < 1.29 is 4.79 Å². The largest absolute Gasteiger partial charge is 0.344 e. The maximum absolute atomic E-state index is 12.2. The normalized spacial score (nSPS) is 10.3. The van der Waals surface area contributed by atoms with Gasteiger partial charge in [0.1, 0.15) is 0 Å². The average Bonchev–Trinajstić information content (AvgIpc) is 2.78. The fraction of sp³-hybridized carbons (Fsp3) is 0.562. The zero-order valence-electron chi connectivity index (χ0n) is 15.3. The third-order valence-corrected chi connectivity index (χ3v) is 4.29. The molecule has 0 aliphatic rings. The Labute approximate surface area is 160 Å². The summed E-state index contributed by atoms with van der Waals surface area (Å²) < 4.78 is 1.64. The minimum Gasteiger partial charge on any atom is -0.344 e. The first-order chi connectivity index (χ1) is 10.9. The van der Waals surface area contributed by atoms with Crippen LogP contribution in [0.15, 0.2) is 4.79 Å². The van der Waals surface area contributed by atoms with Gasteiger partial charge < -0.3 is 10.2 Å². The van der Waals surface area contributed by atoms with E-state index in [1.807, 2.05) is 27.9 Å². The Hall–Kier alpha value is -1.57. The summed E-state index contributed by atoms with van der Waals surface area (Å²) >= 11 is 0. The predicted molar refractivity (Wildman–Crippen MR) is 105 cm³/mol. The van der Waals surface area contributed by atoms with E-state index in [9.17, 15) is 9.59 Å². The molecule has 2 aromatic rings. The summed E-state index contributed by atoms with van der Waals surface area (Å²) in [6.07, 6.45) is 1.01. The lowest BCUT2D eigenvalue weighted by molar-refractivity contribution is -0.129. The van der Waals surface area contributed by atoms with E-state index in [1.165, 1.54) is 0 Å². The lowest BCUT2D eigenvalue weighted by Crippen LogP contribution is -2.32. The number of carbonyl (C=O) groups excluding carboxylic acids is 1. The molecule has 9 heteroatoms. The van der Waals surface area contributed by atoms with Crippen molar-refractivity contribution in [3.05, 3.63) is 27.2 Å². The molecule has 25 heavy (non-hydrogen) atoms. The van der Waals surface area contributed by atoms with Crippen molar-refractivity contribution in [3.8, 4) is 0 Å². The van der Waals surface area contributed by atoms with Gasteiger partial charge in [0, 0.05) is 39.3 Å². The van der Waals surface area contributed by atoms with Gasteiger partial charge in [-0.2, -0.15) is 0 Å². The summed E-state index contributed by atoms with van der Waals surface area (Å²) in [5.41, 5.74) is 3.30. The number of aromatic amines is 1. The van der Waals surface area contributed by atoms with Crippen LogP contribution in [0.2, 0.25) is 0 Å². The molecule has 142 valence electrons. The number of H-pyrrole nitrogens is 1. The number of fused-ring (bicyclic) bond motifs is 1. The minimum atomic E-state index is -0.133. The molecule has 0 aliphatic heterocycles. The molecule has 0 unspecified atom stereocenters. The number of aromatic nitrogens is 3. The Morgan fingerprint density at radius 3 is 2.56 bits per heavy atom. The van der Waals surface area contributed by atoms with E-state index in [0.717, 1.165) is 23.4 Å². The van der Waals surface area contributed by atoms with Crippen LogP contribution in [0.25, 0.3) is 11.0 Å². The van der Waals surface area contributed by atoms with Gasteiger partial charge >= 0.3 is 0 Å². The molecule has 0 fully saturated rings. The van der Waals surface area contributed by atoms with Crippen LogP contribution >= 0.6 is 24.8 Å². The van der Waals surface area contributed by atoms with Crippen molar-refractivity contribution in [3.63, 3.8) is 0 Å². The second-order valence-electron chi connectivity index (χ2n) is 5.92. The quantitative estimate of drug-likeness (QED) is 0.777. The van der Waals surface area contributed by atoms with Gasteiger partial charge in [-0.05, 0) is 38.4 Å². The summed E-state index contributed by atoms with van der Waals surface area (Å²) in [5.74, 6) is 0.0983. The molecule has 0 radical (unpaired) electrons. The number of aryl methyl sites for hydroxylation is 3. The van der Waals surface area contributed by atoms with Crippen LogP contribution < -0.4 is 10.9 Å². The van der Waals surface area contributed by atoms with Gasteiger partial charge in [0.05, 0.1) is 5.39 Å². The van der Waals surface area contributed by atoms with Crippen molar-refractivity contribution in [2.24, 2.45) is 7.05 Å². The van der Waals surface area contributed by atoms with Crippen LogP contribution in [-0.2, 0) is 18.3 Å². The molecule has 0 aliphatic carbocycles. The Morgan fingerprint density at radius 1 is 1.32 bits per heavy atom. The van der Waals surface area contributed by atoms with E-state index in [-0.39, 0.29) is 36.3 Å². The second kappa shape index (κ2) is 9.79. The van der Waals surface area contributed by atoms with Gasteiger partial charge in [0.25, 0.3) is 5.56 Å². The number of amides is 1. The number of nitrogens with zero attached hydrogens (tertiary/aromatic N) is 3. The van der Waals surface area contributed by atoms with Crippen LogP contribution in [0.1, 0.15) is 23.2 Å². The van der Waals surface area contributed by atoms with Crippen LogP contribution in [0.5, 0.6) is 0 Å². The summed E-state index contributed by atoms with van der Waals surface area (Å²) in [6.45, 7) is 5.31. The van der Waals surface area contributed by atoms with Gasteiger partial charge in [-0.25, -0.2) is 4.98 Å². The number of carbonyl (C=O) groups is 1. The van der Waals surface area contributed by atoms with Gasteiger partial charge in [0.15, 0.2) is 5.65 Å². The minimum absolute atomic E-state index is 0. The number of likely N-dealkylation sites (N-methyl/N-ethyl adjacent to an activating group) is 2. The van der Waals surface area contributed by atoms with Crippen molar-refractivity contribution in [1.29, 1.82) is 0 Å². The molecule has 7 nitrogen and oxygen atoms in total. The molecule has 2 rings (SSSR count). The Balaban J connectivity index is 0.00000288. The Morgan fingerprint density at radius 2 is 1.96 bits per heavy atom. The van der Waals surface area contributed by atoms with E-state index in [4.69, 9.17) is 0 Å². The van der Waals surface area contributed by atoms with E-state index in [1.54, 1.807) is 16.6 Å². The Kier molecular flexibility index (Phi) is 9.18. The predicted octanol–water partition coefficient (Wildman–Crippen LogP) is 1.33. The van der Waals surface area contributed by atoms with Crippen molar-refractivity contribution >= 4 is 41.8 Å². The maximum Gasteiger partial charge on any atom is 0.273 e. The van der Waals surface area contributed by atoms with Crippen molar-refractivity contribution in [2.75, 3.05) is 27.2 Å². The van der Waals surface area contributed by atoms with E-state index in [2.05, 4.69) is 15.4 Å². The molecule has 0 saturated carbocycles. The molecule has 2 heterocycles. The highest BCUT2D eigenvalue weighted by atomic mass is 35.5. The van der Waals surface area contributed by atoms with E-state index >= 15 is 0 Å². The lowest BCUT2D eigenvalue weighted by atomic mass is 10.00. The van der Waals surface area contributed by atoms with Crippen molar-refractivity contribution in [2.45, 2.75) is 26.7 Å². The third kappa shape index (κ3) is 4.96. The smallest absolute Gasteiger partial charge is 0.273 e. The highest BCUT2D eigenvalue weighted by Gasteiger charge is 2.16. The highest BCUT2D eigenvalue weighted by Crippen LogP contribution is 2.21. The number of hydrogen-bond donors (Lipinski definition) is 2. The molecule has 0 spiro atoms. The molecule has 2 aromatic heterocycles. The number of halogens is 2. The average molecular weight is 392 g/mol. The molecule has 2 N–H and O–H groups in total. The maximum atomic E-state index is 12.2. The Bertz CT molecular complexity index is 785. The van der Waals surface area contributed by atoms with Crippen LogP contribution in [0, 0.1) is 13.8 Å². The summed E-state index contributed by atoms with van der Waals surface area (Å²) in [5, 5.41) is 6.38. The first-order valence-corrected chi connectivity index (χ1v) is 7.80. The molecular formula is C16H27Cl2N5O2. The zero-order valence-corrected chi connectivity index (χ0v) is 16.9. The van der Waals surface area contributed by atoms with E-state index in [0.29, 0.717) is 30.4 Å². The number of hydrogen-bond acceptors (Lipinski definition) is 4. The molecule has 0 aromatic carbocycles. The zero-order chi connectivity index (χ0) is 17.1. The van der Waals surface area contributed by atoms with Crippen LogP contribution in [0.3, 0.4) is 0 Å². The van der Waals surface area contributed by atoms with Gasteiger partial charge in [-0.1, -0.05) is 0 Å². The summed E-state index contributed by atoms with van der Waals surface area (Å²) in [6, 6.07) is 0. The van der Waals surface area contributed by atoms with Crippen LogP contribution in [0.4, 0.5) is 0 Å². The monoisotopic (exact) mass is 391 g/mol. The summed E-state index contributed by atoms with van der Waals surface area (Å²) in [4.78, 5) is 30.5. The number of rotatable bonds is 6. The summed E-state index contributed by atoms with van der Waals surface area (Å²) in [7, 11) is 5.45. The molecule has 0 bridgehead atoms.